The van der Waals surface area contributed by atoms with Crippen LogP contribution in [0, 0.1) is 6.92 Å². The minimum atomic E-state index is 0. The second-order valence-electron chi connectivity index (χ2n) is 4.56. The van der Waals surface area contributed by atoms with Gasteiger partial charge in [-0.2, -0.15) is 0 Å². The lowest BCUT2D eigenvalue weighted by Gasteiger charge is -2.06. The lowest BCUT2D eigenvalue weighted by atomic mass is 10.2. The Hall–Kier alpha value is -0.920. The highest BCUT2D eigenvalue weighted by Gasteiger charge is 1.96. The van der Waals surface area contributed by atoms with Crippen molar-refractivity contribution in [1.82, 2.24) is 0 Å². The molecule has 0 spiro atoms. The number of nitrogens with zero attached hydrogens (tertiary/aromatic N) is 1. The van der Waals surface area contributed by atoms with Gasteiger partial charge in [0.2, 0.25) is 0 Å². The van der Waals surface area contributed by atoms with Crippen molar-refractivity contribution < 1.29 is 0 Å². The number of halogens is 2. The summed E-state index contributed by atoms with van der Waals surface area (Å²) >= 11 is 7.58. The molecule has 3 nitrogen and oxygen atoms in total. The molecule has 0 fully saturated rings. The Morgan fingerprint density at radius 2 is 1.77 bits per heavy atom. The first-order valence-electron chi connectivity index (χ1n) is 6.65. The third-order valence-electron chi connectivity index (χ3n) is 2.78. The van der Waals surface area contributed by atoms with Gasteiger partial charge in [0.25, 0.3) is 0 Å². The standard InChI is InChI=1S/C16H18ClN3S.HI/c1-12-2-6-14(7-3-12)20-16(18)19-10-11-21-15-8-4-13(17)5-9-15;/h2-9H,10-11H2,1H3,(H3,18,19,20);1H. The average molecular weight is 448 g/mol. The fourth-order valence-corrected chi connectivity index (χ4v) is 2.56. The first kappa shape index (κ1) is 19.1. The van der Waals surface area contributed by atoms with Crippen LogP contribution >= 0.6 is 47.3 Å². The molecule has 118 valence electrons. The number of rotatable bonds is 5. The van der Waals surface area contributed by atoms with Crippen molar-refractivity contribution in [3.63, 3.8) is 0 Å². The van der Waals surface area contributed by atoms with Gasteiger partial charge in [0.05, 0.1) is 6.54 Å². The Morgan fingerprint density at radius 1 is 1.14 bits per heavy atom. The molecule has 0 aromatic heterocycles. The molecule has 6 heteroatoms. The van der Waals surface area contributed by atoms with Crippen LogP contribution in [-0.4, -0.2) is 18.3 Å². The third kappa shape index (κ3) is 6.89. The summed E-state index contributed by atoms with van der Waals surface area (Å²) in [5, 5.41) is 3.83. The molecule has 2 rings (SSSR count). The minimum absolute atomic E-state index is 0. The largest absolute Gasteiger partial charge is 0.370 e. The number of aryl methyl sites for hydroxylation is 1. The number of nitrogens with two attached hydrogens (primary N) is 1. The van der Waals surface area contributed by atoms with E-state index < -0.39 is 0 Å². The van der Waals surface area contributed by atoms with E-state index in [1.807, 2.05) is 48.5 Å². The number of nitrogens with one attached hydrogen (secondary N) is 1. The molecule has 0 aliphatic rings. The number of aliphatic imine (C=N–C) groups is 1. The van der Waals surface area contributed by atoms with E-state index in [1.54, 1.807) is 11.8 Å². The van der Waals surface area contributed by atoms with Crippen LogP contribution in [0.1, 0.15) is 5.56 Å². The van der Waals surface area contributed by atoms with Crippen LogP contribution < -0.4 is 11.1 Å². The number of thioether (sulfide) groups is 1. The van der Waals surface area contributed by atoms with Crippen molar-refractivity contribution in [1.29, 1.82) is 0 Å². The maximum atomic E-state index is 5.86. The zero-order valence-corrected chi connectivity index (χ0v) is 16.2. The quantitative estimate of drug-likeness (QED) is 0.228. The maximum Gasteiger partial charge on any atom is 0.193 e. The smallest absolute Gasteiger partial charge is 0.193 e. The van der Waals surface area contributed by atoms with Crippen LogP contribution in [0.15, 0.2) is 58.4 Å². The molecule has 0 aliphatic carbocycles. The molecule has 0 amide bonds. The molecule has 0 radical (unpaired) electrons. The predicted molar refractivity (Wildman–Crippen MR) is 109 cm³/mol. The number of hydrogen-bond donors (Lipinski definition) is 2. The molecular weight excluding hydrogens is 429 g/mol. The van der Waals surface area contributed by atoms with Crippen LogP contribution in [0.3, 0.4) is 0 Å². The van der Waals surface area contributed by atoms with E-state index in [2.05, 4.69) is 17.2 Å². The van der Waals surface area contributed by atoms with Gasteiger partial charge in [-0.05, 0) is 43.3 Å². The maximum absolute atomic E-state index is 5.86. The van der Waals surface area contributed by atoms with E-state index in [1.165, 1.54) is 10.5 Å². The molecule has 2 aromatic rings. The first-order valence-corrected chi connectivity index (χ1v) is 8.02. The Balaban J connectivity index is 0.00000242. The van der Waals surface area contributed by atoms with Crippen LogP contribution in [0.4, 0.5) is 5.69 Å². The van der Waals surface area contributed by atoms with Crippen molar-refractivity contribution in [2.24, 2.45) is 10.7 Å². The highest BCUT2D eigenvalue weighted by atomic mass is 127. The fraction of sp³-hybridized carbons (Fsp3) is 0.188. The summed E-state index contributed by atoms with van der Waals surface area (Å²) in [5.41, 5.74) is 8.02. The number of anilines is 1. The normalized spacial score (nSPS) is 10.9. The summed E-state index contributed by atoms with van der Waals surface area (Å²) in [6.07, 6.45) is 0. The van der Waals surface area contributed by atoms with E-state index in [4.69, 9.17) is 17.3 Å². The molecule has 0 unspecified atom stereocenters. The minimum Gasteiger partial charge on any atom is -0.370 e. The van der Waals surface area contributed by atoms with Gasteiger partial charge in [-0.15, -0.1) is 35.7 Å². The molecule has 22 heavy (non-hydrogen) atoms. The molecule has 0 saturated carbocycles. The van der Waals surface area contributed by atoms with Gasteiger partial charge in [-0.3, -0.25) is 4.99 Å². The first-order chi connectivity index (χ1) is 10.1. The summed E-state index contributed by atoms with van der Waals surface area (Å²) < 4.78 is 0. The van der Waals surface area contributed by atoms with Crippen LogP contribution in [0.2, 0.25) is 5.02 Å². The molecular formula is C16H19ClIN3S. The fourth-order valence-electron chi connectivity index (χ4n) is 1.68. The van der Waals surface area contributed by atoms with Crippen molar-refractivity contribution in [3.05, 3.63) is 59.1 Å². The molecule has 3 N–H and O–H groups in total. The van der Waals surface area contributed by atoms with E-state index in [0.717, 1.165) is 16.5 Å². The van der Waals surface area contributed by atoms with Gasteiger partial charge >= 0.3 is 0 Å². The van der Waals surface area contributed by atoms with Crippen molar-refractivity contribution in [2.45, 2.75) is 11.8 Å². The van der Waals surface area contributed by atoms with Gasteiger partial charge in [-0.25, -0.2) is 0 Å². The lowest BCUT2D eigenvalue weighted by molar-refractivity contribution is 1.13. The van der Waals surface area contributed by atoms with Gasteiger partial charge in [0.15, 0.2) is 5.96 Å². The zero-order chi connectivity index (χ0) is 15.1. The van der Waals surface area contributed by atoms with Crippen LogP contribution in [0.25, 0.3) is 0 Å². The Morgan fingerprint density at radius 3 is 2.41 bits per heavy atom. The highest BCUT2D eigenvalue weighted by Crippen LogP contribution is 2.19. The SMILES string of the molecule is Cc1ccc(NC(N)=NCCSc2ccc(Cl)cc2)cc1.I. The van der Waals surface area contributed by atoms with Crippen molar-refractivity contribution >= 4 is 59.0 Å². The molecule has 0 bridgehead atoms. The molecule has 0 heterocycles. The second-order valence-corrected chi connectivity index (χ2v) is 6.17. The Labute approximate surface area is 157 Å². The van der Waals surface area contributed by atoms with Crippen LogP contribution in [0.5, 0.6) is 0 Å². The van der Waals surface area contributed by atoms with Crippen molar-refractivity contribution in [2.75, 3.05) is 17.6 Å². The van der Waals surface area contributed by atoms with Crippen LogP contribution in [-0.2, 0) is 0 Å². The van der Waals surface area contributed by atoms with Crippen molar-refractivity contribution in [3.8, 4) is 0 Å². The summed E-state index contributed by atoms with van der Waals surface area (Å²) in [7, 11) is 0. The van der Waals surface area contributed by atoms with E-state index in [-0.39, 0.29) is 24.0 Å². The third-order valence-corrected chi connectivity index (χ3v) is 4.02. The monoisotopic (exact) mass is 447 g/mol. The summed E-state index contributed by atoms with van der Waals surface area (Å²) in [6, 6.07) is 15.8. The number of guanidine groups is 1. The second kappa shape index (κ2) is 9.97. The van der Waals surface area contributed by atoms with E-state index in [0.29, 0.717) is 12.5 Å². The summed E-state index contributed by atoms with van der Waals surface area (Å²) in [6.45, 7) is 2.72. The topological polar surface area (TPSA) is 50.4 Å². The molecule has 0 aliphatic heterocycles. The van der Waals surface area contributed by atoms with E-state index >= 15 is 0 Å². The summed E-state index contributed by atoms with van der Waals surface area (Å²) in [5.74, 6) is 1.31. The summed E-state index contributed by atoms with van der Waals surface area (Å²) in [4.78, 5) is 5.49. The van der Waals surface area contributed by atoms with E-state index in [9.17, 15) is 0 Å². The Bertz CT molecular complexity index is 600. The predicted octanol–water partition coefficient (Wildman–Crippen LogP) is 4.79. The van der Waals surface area contributed by atoms with Gasteiger partial charge in [0, 0.05) is 21.4 Å². The molecule has 2 aromatic carbocycles. The lowest BCUT2D eigenvalue weighted by Crippen LogP contribution is -2.23. The van der Waals surface area contributed by atoms with Gasteiger partial charge in [-0.1, -0.05) is 29.3 Å². The van der Waals surface area contributed by atoms with Gasteiger partial charge in [0.1, 0.15) is 0 Å². The van der Waals surface area contributed by atoms with Gasteiger partial charge < -0.3 is 11.1 Å². The average Bonchev–Trinajstić information content (AvgIpc) is 2.48. The zero-order valence-electron chi connectivity index (χ0n) is 12.3. The molecule has 0 saturated heterocycles. The highest BCUT2D eigenvalue weighted by molar-refractivity contribution is 14.0. The molecule has 0 atom stereocenters. The number of benzene rings is 2. The number of hydrogen-bond acceptors (Lipinski definition) is 2. The Kier molecular flexibility index (Phi) is 8.67.